The summed E-state index contributed by atoms with van der Waals surface area (Å²) in [4.78, 5) is 11.0. The van der Waals surface area contributed by atoms with Gasteiger partial charge in [-0.15, -0.1) is 0 Å². The highest BCUT2D eigenvalue weighted by molar-refractivity contribution is 5.89. The highest BCUT2D eigenvalue weighted by Gasteiger charge is 2.07. The molecule has 0 atom stereocenters. The third kappa shape index (κ3) is 5.29. The molecule has 0 aliphatic carbocycles. The second-order valence-corrected chi connectivity index (χ2v) is 4.28. The van der Waals surface area contributed by atoms with E-state index in [9.17, 15) is 4.79 Å². The zero-order chi connectivity index (χ0) is 13.2. The first kappa shape index (κ1) is 14.7. The Bertz CT molecular complexity index is 366. The Labute approximate surface area is 108 Å². The van der Waals surface area contributed by atoms with Crippen molar-refractivity contribution in [3.8, 4) is 0 Å². The standard InChI is InChI=1S/C14H21NO3/c16-10-6-2-1-5-9-15-11-12-7-3-4-8-13(12)14(17)18/h3-4,7-8,15-16H,1-2,5-6,9-11H2,(H,17,18). The smallest absolute Gasteiger partial charge is 0.336 e. The fourth-order valence-electron chi connectivity index (χ4n) is 1.82. The van der Waals surface area contributed by atoms with Crippen LogP contribution in [-0.4, -0.2) is 29.3 Å². The van der Waals surface area contributed by atoms with Crippen molar-refractivity contribution >= 4 is 5.97 Å². The summed E-state index contributed by atoms with van der Waals surface area (Å²) in [6.07, 6.45) is 4.05. The molecule has 0 spiro atoms. The zero-order valence-electron chi connectivity index (χ0n) is 10.6. The Hall–Kier alpha value is -1.39. The Morgan fingerprint density at radius 2 is 1.83 bits per heavy atom. The number of nitrogens with one attached hydrogen (secondary N) is 1. The first-order valence-corrected chi connectivity index (χ1v) is 6.38. The minimum absolute atomic E-state index is 0.263. The molecule has 0 unspecified atom stereocenters. The highest BCUT2D eigenvalue weighted by Crippen LogP contribution is 2.08. The minimum Gasteiger partial charge on any atom is -0.478 e. The fraction of sp³-hybridized carbons (Fsp3) is 0.500. The van der Waals surface area contributed by atoms with Gasteiger partial charge in [0, 0.05) is 13.2 Å². The van der Waals surface area contributed by atoms with Crippen LogP contribution in [0.2, 0.25) is 0 Å². The second kappa shape index (κ2) is 8.66. The lowest BCUT2D eigenvalue weighted by atomic mass is 10.1. The van der Waals surface area contributed by atoms with E-state index in [-0.39, 0.29) is 6.61 Å². The molecule has 4 heteroatoms. The van der Waals surface area contributed by atoms with Crippen molar-refractivity contribution in [1.82, 2.24) is 5.32 Å². The van der Waals surface area contributed by atoms with Crippen LogP contribution >= 0.6 is 0 Å². The molecule has 0 saturated carbocycles. The van der Waals surface area contributed by atoms with Crippen LogP contribution in [0.3, 0.4) is 0 Å². The number of carboxylic acid groups (broad SMARTS) is 1. The van der Waals surface area contributed by atoms with E-state index in [4.69, 9.17) is 10.2 Å². The molecule has 0 radical (unpaired) electrons. The first-order chi connectivity index (χ1) is 8.75. The van der Waals surface area contributed by atoms with Gasteiger partial charge in [-0.25, -0.2) is 4.79 Å². The number of hydrogen-bond donors (Lipinski definition) is 3. The minimum atomic E-state index is -0.879. The van der Waals surface area contributed by atoms with Gasteiger partial charge in [-0.1, -0.05) is 31.0 Å². The van der Waals surface area contributed by atoms with E-state index in [1.54, 1.807) is 12.1 Å². The van der Waals surface area contributed by atoms with Crippen molar-refractivity contribution in [3.63, 3.8) is 0 Å². The third-order valence-electron chi connectivity index (χ3n) is 2.82. The molecule has 0 aliphatic heterocycles. The van der Waals surface area contributed by atoms with Gasteiger partial charge in [-0.05, 0) is 31.0 Å². The van der Waals surface area contributed by atoms with Crippen LogP contribution in [0.15, 0.2) is 24.3 Å². The van der Waals surface area contributed by atoms with E-state index in [0.29, 0.717) is 12.1 Å². The largest absolute Gasteiger partial charge is 0.478 e. The van der Waals surface area contributed by atoms with Gasteiger partial charge in [0.05, 0.1) is 5.56 Å². The molecule has 0 bridgehead atoms. The highest BCUT2D eigenvalue weighted by atomic mass is 16.4. The van der Waals surface area contributed by atoms with Gasteiger partial charge in [-0.3, -0.25) is 0 Å². The molecule has 0 aliphatic rings. The number of rotatable bonds is 9. The SMILES string of the molecule is O=C(O)c1ccccc1CNCCCCCCO. The summed E-state index contributed by atoms with van der Waals surface area (Å²) in [5, 5.41) is 20.9. The lowest BCUT2D eigenvalue weighted by molar-refractivity contribution is 0.0695. The molecule has 3 N–H and O–H groups in total. The summed E-state index contributed by atoms with van der Waals surface area (Å²) >= 11 is 0. The number of aromatic carboxylic acids is 1. The molecule has 1 aromatic rings. The van der Waals surface area contributed by atoms with Crippen molar-refractivity contribution < 1.29 is 15.0 Å². The molecular formula is C14H21NO3. The van der Waals surface area contributed by atoms with Crippen LogP contribution in [0.1, 0.15) is 41.6 Å². The molecule has 0 aromatic heterocycles. The molecule has 1 aromatic carbocycles. The van der Waals surface area contributed by atoms with Gasteiger partial charge in [-0.2, -0.15) is 0 Å². The van der Waals surface area contributed by atoms with Gasteiger partial charge in [0.2, 0.25) is 0 Å². The van der Waals surface area contributed by atoms with Gasteiger partial charge in [0.25, 0.3) is 0 Å². The predicted octanol–water partition coefficient (Wildman–Crippen LogP) is 2.03. The van der Waals surface area contributed by atoms with E-state index in [0.717, 1.165) is 37.8 Å². The summed E-state index contributed by atoms with van der Waals surface area (Å²) in [7, 11) is 0. The lowest BCUT2D eigenvalue weighted by Gasteiger charge is -2.07. The van der Waals surface area contributed by atoms with Gasteiger partial charge >= 0.3 is 5.97 Å². The average molecular weight is 251 g/mol. The number of carboxylic acids is 1. The zero-order valence-corrected chi connectivity index (χ0v) is 10.6. The molecule has 0 amide bonds. The Kier molecular flexibility index (Phi) is 7.06. The van der Waals surface area contributed by atoms with Crippen LogP contribution in [-0.2, 0) is 6.54 Å². The van der Waals surface area contributed by atoms with Crippen molar-refractivity contribution in [2.24, 2.45) is 0 Å². The molecule has 1 rings (SSSR count). The first-order valence-electron chi connectivity index (χ1n) is 6.38. The van der Waals surface area contributed by atoms with Crippen LogP contribution in [0.4, 0.5) is 0 Å². The maximum Gasteiger partial charge on any atom is 0.336 e. The Morgan fingerprint density at radius 1 is 1.11 bits per heavy atom. The molecule has 18 heavy (non-hydrogen) atoms. The summed E-state index contributed by atoms with van der Waals surface area (Å²) in [6, 6.07) is 7.05. The summed E-state index contributed by atoms with van der Waals surface area (Å²) in [6.45, 7) is 1.72. The molecule has 0 heterocycles. The molecular weight excluding hydrogens is 230 g/mol. The van der Waals surface area contributed by atoms with Crippen LogP contribution in [0.5, 0.6) is 0 Å². The second-order valence-electron chi connectivity index (χ2n) is 4.28. The number of benzene rings is 1. The summed E-state index contributed by atoms with van der Waals surface area (Å²) < 4.78 is 0. The predicted molar refractivity (Wildman–Crippen MR) is 70.7 cm³/mol. The van der Waals surface area contributed by atoms with Crippen molar-refractivity contribution in [2.75, 3.05) is 13.2 Å². The number of aliphatic hydroxyl groups is 1. The van der Waals surface area contributed by atoms with E-state index in [1.165, 1.54) is 0 Å². The number of aliphatic hydroxyl groups excluding tert-OH is 1. The van der Waals surface area contributed by atoms with Crippen LogP contribution < -0.4 is 5.32 Å². The van der Waals surface area contributed by atoms with Gasteiger partial charge < -0.3 is 15.5 Å². The molecule has 0 fully saturated rings. The maximum atomic E-state index is 11.0. The van der Waals surface area contributed by atoms with Crippen molar-refractivity contribution in [2.45, 2.75) is 32.2 Å². The molecule has 0 saturated heterocycles. The van der Waals surface area contributed by atoms with Crippen molar-refractivity contribution in [1.29, 1.82) is 0 Å². The van der Waals surface area contributed by atoms with Gasteiger partial charge in [0.1, 0.15) is 0 Å². The lowest BCUT2D eigenvalue weighted by Crippen LogP contribution is -2.17. The van der Waals surface area contributed by atoms with E-state index in [1.807, 2.05) is 12.1 Å². The number of unbranched alkanes of at least 4 members (excludes halogenated alkanes) is 3. The van der Waals surface area contributed by atoms with Crippen LogP contribution in [0, 0.1) is 0 Å². The third-order valence-corrected chi connectivity index (χ3v) is 2.82. The maximum absolute atomic E-state index is 11.0. The van der Waals surface area contributed by atoms with E-state index in [2.05, 4.69) is 5.32 Å². The van der Waals surface area contributed by atoms with E-state index < -0.39 is 5.97 Å². The Balaban J connectivity index is 2.25. The van der Waals surface area contributed by atoms with Crippen LogP contribution in [0.25, 0.3) is 0 Å². The molecule has 100 valence electrons. The molecule has 4 nitrogen and oxygen atoms in total. The van der Waals surface area contributed by atoms with Crippen molar-refractivity contribution in [3.05, 3.63) is 35.4 Å². The summed E-state index contributed by atoms with van der Waals surface area (Å²) in [5.41, 5.74) is 1.19. The Morgan fingerprint density at radius 3 is 2.56 bits per heavy atom. The average Bonchev–Trinajstić information content (AvgIpc) is 2.38. The van der Waals surface area contributed by atoms with E-state index >= 15 is 0 Å². The topological polar surface area (TPSA) is 69.6 Å². The quantitative estimate of drug-likeness (QED) is 0.587. The number of hydrogen-bond acceptors (Lipinski definition) is 3. The number of carbonyl (C=O) groups is 1. The normalized spacial score (nSPS) is 10.5. The monoisotopic (exact) mass is 251 g/mol. The van der Waals surface area contributed by atoms with Gasteiger partial charge in [0.15, 0.2) is 0 Å². The fourth-order valence-corrected chi connectivity index (χ4v) is 1.82. The summed E-state index contributed by atoms with van der Waals surface area (Å²) in [5.74, 6) is -0.879.